The zero-order valence-corrected chi connectivity index (χ0v) is 10.0. The van der Waals surface area contributed by atoms with E-state index < -0.39 is 24.0 Å². The minimum atomic E-state index is -1.22. The van der Waals surface area contributed by atoms with E-state index in [1.165, 1.54) is 0 Å². The first-order valence-electron chi connectivity index (χ1n) is 6.00. The average molecular weight is 258 g/mol. The number of hydrogen-bond donors (Lipinski definition) is 4. The van der Waals surface area contributed by atoms with E-state index in [-0.39, 0.29) is 18.9 Å². The number of aliphatic carboxylic acids is 2. The number of nitrogens with one attached hydrogen (secondary N) is 2. The molecule has 1 aliphatic rings. The second-order valence-electron chi connectivity index (χ2n) is 4.42. The van der Waals surface area contributed by atoms with E-state index in [9.17, 15) is 14.4 Å². The van der Waals surface area contributed by atoms with Gasteiger partial charge in [-0.15, -0.1) is 0 Å². The summed E-state index contributed by atoms with van der Waals surface area (Å²) in [5.41, 5.74) is 0. The maximum atomic E-state index is 11.5. The molecule has 102 valence electrons. The van der Waals surface area contributed by atoms with Crippen LogP contribution >= 0.6 is 0 Å². The molecule has 1 saturated carbocycles. The third kappa shape index (κ3) is 5.03. The summed E-state index contributed by atoms with van der Waals surface area (Å²) in [4.78, 5) is 32.7. The van der Waals surface area contributed by atoms with Crippen LogP contribution in [-0.4, -0.2) is 40.3 Å². The van der Waals surface area contributed by atoms with E-state index in [1.807, 2.05) is 0 Å². The van der Waals surface area contributed by atoms with Crippen LogP contribution in [0.4, 0.5) is 4.79 Å². The van der Waals surface area contributed by atoms with Gasteiger partial charge in [-0.2, -0.15) is 0 Å². The van der Waals surface area contributed by atoms with Crippen LogP contribution in [0.1, 0.15) is 38.5 Å². The van der Waals surface area contributed by atoms with E-state index in [4.69, 9.17) is 10.2 Å². The zero-order valence-electron chi connectivity index (χ0n) is 10.0. The Morgan fingerprint density at radius 2 is 1.78 bits per heavy atom. The lowest BCUT2D eigenvalue weighted by Crippen LogP contribution is -2.48. The SMILES string of the molecule is O=C(O)CCC(NC(=O)NC1CCCC1)C(=O)O. The number of carbonyl (C=O) groups excluding carboxylic acids is 1. The fraction of sp³-hybridized carbons (Fsp3) is 0.727. The van der Waals surface area contributed by atoms with Crippen molar-refractivity contribution in [3.8, 4) is 0 Å². The van der Waals surface area contributed by atoms with Gasteiger partial charge in [-0.3, -0.25) is 4.79 Å². The molecule has 0 aromatic carbocycles. The van der Waals surface area contributed by atoms with Crippen LogP contribution in [0, 0.1) is 0 Å². The van der Waals surface area contributed by atoms with Gasteiger partial charge in [-0.05, 0) is 19.3 Å². The van der Waals surface area contributed by atoms with Crippen LogP contribution in [0.15, 0.2) is 0 Å². The van der Waals surface area contributed by atoms with Gasteiger partial charge in [0.25, 0.3) is 0 Å². The highest BCUT2D eigenvalue weighted by Crippen LogP contribution is 2.17. The first-order valence-corrected chi connectivity index (χ1v) is 6.00. The predicted molar refractivity (Wildman–Crippen MR) is 62.2 cm³/mol. The molecule has 0 spiro atoms. The number of rotatable bonds is 6. The summed E-state index contributed by atoms with van der Waals surface area (Å²) in [5.74, 6) is -2.31. The molecule has 0 aromatic heterocycles. The molecule has 1 fully saturated rings. The van der Waals surface area contributed by atoms with Crippen LogP contribution in [0.2, 0.25) is 0 Å². The van der Waals surface area contributed by atoms with E-state index in [0.717, 1.165) is 25.7 Å². The molecule has 4 N–H and O–H groups in total. The lowest BCUT2D eigenvalue weighted by atomic mass is 10.1. The fourth-order valence-corrected chi connectivity index (χ4v) is 1.98. The summed E-state index contributed by atoms with van der Waals surface area (Å²) in [6, 6.07) is -1.61. The van der Waals surface area contributed by atoms with Gasteiger partial charge in [0.15, 0.2) is 0 Å². The molecule has 2 amide bonds. The van der Waals surface area contributed by atoms with E-state index in [0.29, 0.717) is 0 Å². The molecule has 18 heavy (non-hydrogen) atoms. The Kier molecular flexibility index (Phi) is 5.41. The lowest BCUT2D eigenvalue weighted by molar-refractivity contribution is -0.140. The molecule has 1 rings (SSSR count). The molecular formula is C11H18N2O5. The molecule has 0 bridgehead atoms. The van der Waals surface area contributed by atoms with Crippen molar-refractivity contribution in [3.05, 3.63) is 0 Å². The smallest absolute Gasteiger partial charge is 0.326 e. The Morgan fingerprint density at radius 3 is 2.28 bits per heavy atom. The van der Waals surface area contributed by atoms with Gasteiger partial charge in [0, 0.05) is 12.5 Å². The van der Waals surface area contributed by atoms with Gasteiger partial charge in [0.1, 0.15) is 6.04 Å². The first kappa shape index (κ1) is 14.3. The largest absolute Gasteiger partial charge is 0.481 e. The van der Waals surface area contributed by atoms with Crippen LogP contribution < -0.4 is 10.6 Å². The molecule has 0 heterocycles. The number of carboxylic acid groups (broad SMARTS) is 2. The molecule has 0 radical (unpaired) electrons. The number of hydrogen-bond acceptors (Lipinski definition) is 3. The van der Waals surface area contributed by atoms with Crippen molar-refractivity contribution in [2.24, 2.45) is 0 Å². The Bertz CT molecular complexity index is 325. The fourth-order valence-electron chi connectivity index (χ4n) is 1.98. The van der Waals surface area contributed by atoms with Crippen molar-refractivity contribution in [1.82, 2.24) is 10.6 Å². The van der Waals surface area contributed by atoms with Gasteiger partial charge < -0.3 is 20.8 Å². The van der Waals surface area contributed by atoms with Crippen molar-refractivity contribution in [3.63, 3.8) is 0 Å². The minimum absolute atomic E-state index is 0.0962. The van der Waals surface area contributed by atoms with Crippen molar-refractivity contribution in [2.45, 2.75) is 50.6 Å². The summed E-state index contributed by atoms with van der Waals surface area (Å²) in [6.45, 7) is 0. The van der Waals surface area contributed by atoms with Crippen LogP contribution in [-0.2, 0) is 9.59 Å². The summed E-state index contributed by atoms with van der Waals surface area (Å²) < 4.78 is 0. The van der Waals surface area contributed by atoms with Crippen molar-refractivity contribution in [2.75, 3.05) is 0 Å². The predicted octanol–water partition coefficient (Wildman–Crippen LogP) is 0.546. The maximum Gasteiger partial charge on any atom is 0.326 e. The molecule has 0 saturated heterocycles. The standard InChI is InChI=1S/C11H18N2O5/c14-9(15)6-5-8(10(16)17)13-11(18)12-7-3-1-2-4-7/h7-8H,1-6H2,(H,14,15)(H,16,17)(H2,12,13,18). The molecule has 1 atom stereocenters. The summed E-state index contributed by atoms with van der Waals surface area (Å²) >= 11 is 0. The van der Waals surface area contributed by atoms with E-state index in [1.54, 1.807) is 0 Å². The molecule has 1 aliphatic carbocycles. The molecule has 0 aromatic rings. The maximum absolute atomic E-state index is 11.5. The second kappa shape index (κ2) is 6.83. The van der Waals surface area contributed by atoms with Gasteiger partial charge in [-0.25, -0.2) is 9.59 Å². The summed E-state index contributed by atoms with van der Waals surface area (Å²) in [7, 11) is 0. The van der Waals surface area contributed by atoms with Crippen molar-refractivity contribution >= 4 is 18.0 Å². The third-order valence-corrected chi connectivity index (χ3v) is 2.94. The van der Waals surface area contributed by atoms with Crippen LogP contribution in [0.5, 0.6) is 0 Å². The van der Waals surface area contributed by atoms with E-state index >= 15 is 0 Å². The lowest BCUT2D eigenvalue weighted by Gasteiger charge is -2.17. The number of amides is 2. The summed E-state index contributed by atoms with van der Waals surface area (Å²) in [5, 5.41) is 22.3. The highest BCUT2D eigenvalue weighted by atomic mass is 16.4. The Balaban J connectivity index is 2.36. The molecular weight excluding hydrogens is 240 g/mol. The molecule has 7 nitrogen and oxygen atoms in total. The topological polar surface area (TPSA) is 116 Å². The normalized spacial score (nSPS) is 17.1. The minimum Gasteiger partial charge on any atom is -0.481 e. The Labute approximate surface area is 105 Å². The molecule has 1 unspecified atom stereocenters. The van der Waals surface area contributed by atoms with Crippen LogP contribution in [0.3, 0.4) is 0 Å². The Morgan fingerprint density at radius 1 is 1.17 bits per heavy atom. The monoisotopic (exact) mass is 258 g/mol. The second-order valence-corrected chi connectivity index (χ2v) is 4.42. The summed E-state index contributed by atoms with van der Waals surface area (Å²) in [6.07, 6.45) is 3.52. The number of urea groups is 1. The van der Waals surface area contributed by atoms with Gasteiger partial charge in [-0.1, -0.05) is 12.8 Å². The van der Waals surface area contributed by atoms with Gasteiger partial charge in [0.2, 0.25) is 0 Å². The van der Waals surface area contributed by atoms with Crippen molar-refractivity contribution in [1.29, 1.82) is 0 Å². The third-order valence-electron chi connectivity index (χ3n) is 2.94. The number of carbonyl (C=O) groups is 3. The quantitative estimate of drug-likeness (QED) is 0.555. The van der Waals surface area contributed by atoms with E-state index in [2.05, 4.69) is 10.6 Å². The Hall–Kier alpha value is -1.79. The average Bonchev–Trinajstić information content (AvgIpc) is 2.76. The zero-order chi connectivity index (χ0) is 13.5. The first-order chi connectivity index (χ1) is 8.49. The van der Waals surface area contributed by atoms with Crippen LogP contribution in [0.25, 0.3) is 0 Å². The molecule has 7 heteroatoms. The van der Waals surface area contributed by atoms with Gasteiger partial charge >= 0.3 is 18.0 Å². The number of carboxylic acids is 2. The van der Waals surface area contributed by atoms with Gasteiger partial charge in [0.05, 0.1) is 0 Å². The highest BCUT2D eigenvalue weighted by Gasteiger charge is 2.23. The molecule has 0 aliphatic heterocycles. The van der Waals surface area contributed by atoms with Crippen molar-refractivity contribution < 1.29 is 24.6 Å². The highest BCUT2D eigenvalue weighted by molar-refractivity contribution is 5.83.